The Kier molecular flexibility index (Phi) is 8.57. The standard InChI is InChI=1S/C33H36FN5O4/c1-21-27-10-6-9-17-39(27)30(35-21)32(42)37-26-19-22(11-14-28(26)38-15-7-5-8-16-38)31(41)36-25-13-12-24(34)18-23(25)20-29(40)43-33(2,3)4/h6,9-14,17-19,21H,5,7-8,15-16,20H2,1-4H3,(H-,36,37,41,42)/p+1. The number of carbonyl (C=O) groups excluding carboxylic acids is 3. The Bertz CT molecular complexity index is 1590. The second-order valence-electron chi connectivity index (χ2n) is 11.9. The van der Waals surface area contributed by atoms with Crippen molar-refractivity contribution in [3.05, 3.63) is 83.4 Å². The molecule has 1 unspecified atom stereocenters. The van der Waals surface area contributed by atoms with Gasteiger partial charge in [0, 0.05) is 24.3 Å². The van der Waals surface area contributed by atoms with Gasteiger partial charge in [0.25, 0.3) is 5.91 Å². The third-order valence-electron chi connectivity index (χ3n) is 7.34. The molecule has 10 heteroatoms. The van der Waals surface area contributed by atoms with E-state index in [2.05, 4.69) is 20.5 Å². The highest BCUT2D eigenvalue weighted by molar-refractivity contribution is 6.39. The van der Waals surface area contributed by atoms with Crippen LogP contribution in [0.4, 0.5) is 21.5 Å². The van der Waals surface area contributed by atoms with Crippen LogP contribution in [0.2, 0.25) is 0 Å². The number of anilines is 3. The summed E-state index contributed by atoms with van der Waals surface area (Å²) in [6.07, 6.45) is 4.82. The molecule has 43 heavy (non-hydrogen) atoms. The van der Waals surface area contributed by atoms with Gasteiger partial charge in [-0.05, 0) is 101 Å². The Morgan fingerprint density at radius 1 is 0.977 bits per heavy atom. The minimum Gasteiger partial charge on any atom is -0.460 e. The number of carbonyl (C=O) groups is 3. The van der Waals surface area contributed by atoms with E-state index in [1.165, 1.54) is 18.2 Å². The molecule has 1 fully saturated rings. The number of ether oxygens (including phenoxy) is 1. The van der Waals surface area contributed by atoms with Gasteiger partial charge in [-0.1, -0.05) is 11.1 Å². The molecule has 9 nitrogen and oxygen atoms in total. The summed E-state index contributed by atoms with van der Waals surface area (Å²) in [6, 6.07) is 14.6. The summed E-state index contributed by atoms with van der Waals surface area (Å²) in [5.41, 5.74) is 2.41. The Labute approximate surface area is 250 Å². The van der Waals surface area contributed by atoms with E-state index >= 15 is 0 Å². The average molecular weight is 587 g/mol. The van der Waals surface area contributed by atoms with Crippen LogP contribution in [0.25, 0.3) is 0 Å². The van der Waals surface area contributed by atoms with Crippen molar-refractivity contribution in [2.24, 2.45) is 4.99 Å². The molecule has 0 aliphatic carbocycles. The molecule has 2 aliphatic rings. The normalized spacial score (nSPS) is 16.3. The van der Waals surface area contributed by atoms with E-state index in [1.54, 1.807) is 37.5 Å². The number of amides is 2. The molecule has 2 aliphatic heterocycles. The number of fused-ring (bicyclic) bond motifs is 1. The third-order valence-corrected chi connectivity index (χ3v) is 7.34. The van der Waals surface area contributed by atoms with Crippen molar-refractivity contribution < 1.29 is 28.1 Å². The van der Waals surface area contributed by atoms with Crippen LogP contribution in [-0.4, -0.2) is 42.3 Å². The SMILES string of the molecule is CC1N=C(C(=O)Nc2cc(C(=O)Nc3ccc(F)cc3CC(=O)OC(C)(C)C)ccc2N2CCCCC2)[n+]2ccccc21. The maximum Gasteiger partial charge on any atom is 0.389 e. The van der Waals surface area contributed by atoms with E-state index < -0.39 is 23.3 Å². The van der Waals surface area contributed by atoms with E-state index in [4.69, 9.17) is 4.74 Å². The number of rotatable bonds is 7. The van der Waals surface area contributed by atoms with E-state index in [0.717, 1.165) is 43.7 Å². The lowest BCUT2D eigenvalue weighted by Gasteiger charge is -2.30. The Morgan fingerprint density at radius 2 is 1.72 bits per heavy atom. The Morgan fingerprint density at radius 3 is 2.47 bits per heavy atom. The van der Waals surface area contributed by atoms with Gasteiger partial charge in [0.2, 0.25) is 0 Å². The number of aromatic nitrogens is 1. The van der Waals surface area contributed by atoms with Crippen molar-refractivity contribution in [1.82, 2.24) is 0 Å². The number of halogens is 1. The number of nitrogens with zero attached hydrogens (tertiary/aromatic N) is 3. The highest BCUT2D eigenvalue weighted by atomic mass is 19.1. The smallest absolute Gasteiger partial charge is 0.389 e. The largest absolute Gasteiger partial charge is 0.460 e. The van der Waals surface area contributed by atoms with Gasteiger partial charge in [-0.3, -0.25) is 14.4 Å². The number of hydrogen-bond donors (Lipinski definition) is 2. The second kappa shape index (κ2) is 12.3. The highest BCUT2D eigenvalue weighted by Gasteiger charge is 2.36. The van der Waals surface area contributed by atoms with Crippen LogP contribution in [0.3, 0.4) is 0 Å². The van der Waals surface area contributed by atoms with Crippen molar-refractivity contribution in [3.63, 3.8) is 0 Å². The van der Waals surface area contributed by atoms with Crippen LogP contribution in [-0.2, 0) is 20.7 Å². The maximum atomic E-state index is 14.1. The highest BCUT2D eigenvalue weighted by Crippen LogP contribution is 2.31. The molecule has 2 aromatic carbocycles. The molecular formula is C33H37FN5O4+. The molecule has 0 bridgehead atoms. The third kappa shape index (κ3) is 7.07. The van der Waals surface area contributed by atoms with Crippen molar-refractivity contribution in [2.75, 3.05) is 28.6 Å². The van der Waals surface area contributed by atoms with Gasteiger partial charge in [0.05, 0.1) is 24.0 Å². The quantitative estimate of drug-likeness (QED) is 0.293. The molecule has 3 aromatic rings. The molecule has 5 rings (SSSR count). The topological polar surface area (TPSA) is 104 Å². The molecule has 224 valence electrons. The predicted octanol–water partition coefficient (Wildman–Crippen LogP) is 5.20. The maximum absolute atomic E-state index is 14.1. The fourth-order valence-electron chi connectivity index (χ4n) is 5.39. The first-order chi connectivity index (χ1) is 20.5. The zero-order valence-electron chi connectivity index (χ0n) is 24.9. The van der Waals surface area contributed by atoms with Gasteiger partial charge < -0.3 is 20.3 Å². The number of esters is 1. The van der Waals surface area contributed by atoms with Gasteiger partial charge in [0.15, 0.2) is 11.7 Å². The molecule has 2 amide bonds. The number of benzene rings is 2. The van der Waals surface area contributed by atoms with Crippen LogP contribution in [0.15, 0.2) is 65.8 Å². The molecule has 0 spiro atoms. The Hall–Kier alpha value is -4.60. The molecule has 0 saturated carbocycles. The summed E-state index contributed by atoms with van der Waals surface area (Å²) in [7, 11) is 0. The second-order valence-corrected chi connectivity index (χ2v) is 11.9. The van der Waals surface area contributed by atoms with Crippen molar-refractivity contribution in [1.29, 1.82) is 0 Å². The number of nitrogens with one attached hydrogen (secondary N) is 2. The summed E-state index contributed by atoms with van der Waals surface area (Å²) >= 11 is 0. The molecule has 1 saturated heterocycles. The van der Waals surface area contributed by atoms with Gasteiger partial charge in [-0.25, -0.2) is 4.39 Å². The molecule has 0 radical (unpaired) electrons. The minimum absolute atomic E-state index is 0.161. The fraction of sp³-hybridized carbons (Fsp3) is 0.364. The first-order valence-corrected chi connectivity index (χ1v) is 14.6. The lowest BCUT2D eigenvalue weighted by Crippen LogP contribution is -2.49. The molecular weight excluding hydrogens is 549 g/mol. The Balaban J connectivity index is 1.41. The van der Waals surface area contributed by atoms with E-state index in [9.17, 15) is 18.8 Å². The van der Waals surface area contributed by atoms with Crippen LogP contribution in [0.5, 0.6) is 0 Å². The lowest BCUT2D eigenvalue weighted by atomic mass is 10.1. The van der Waals surface area contributed by atoms with Crippen molar-refractivity contribution >= 4 is 40.7 Å². The average Bonchev–Trinajstić information content (AvgIpc) is 3.30. The summed E-state index contributed by atoms with van der Waals surface area (Å²) in [5.74, 6) is -1.63. The first kappa shape index (κ1) is 29.9. The molecule has 3 heterocycles. The summed E-state index contributed by atoms with van der Waals surface area (Å²) in [5, 5.41) is 5.82. The summed E-state index contributed by atoms with van der Waals surface area (Å²) < 4.78 is 21.3. The summed E-state index contributed by atoms with van der Waals surface area (Å²) in [6.45, 7) is 8.87. The van der Waals surface area contributed by atoms with E-state index in [-0.39, 0.29) is 24.2 Å². The lowest BCUT2D eigenvalue weighted by molar-refractivity contribution is -0.556. The van der Waals surface area contributed by atoms with Crippen molar-refractivity contribution in [2.45, 2.75) is 65.0 Å². The number of piperidine rings is 1. The van der Waals surface area contributed by atoms with E-state index in [0.29, 0.717) is 22.5 Å². The van der Waals surface area contributed by atoms with Gasteiger partial charge >= 0.3 is 17.7 Å². The van der Waals surface area contributed by atoms with E-state index in [1.807, 2.05) is 37.4 Å². The zero-order chi connectivity index (χ0) is 30.7. The van der Waals surface area contributed by atoms with Crippen LogP contribution < -0.4 is 20.1 Å². The van der Waals surface area contributed by atoms with Gasteiger partial charge in [-0.15, -0.1) is 0 Å². The molecule has 2 N–H and O–H groups in total. The monoisotopic (exact) mass is 586 g/mol. The van der Waals surface area contributed by atoms with Crippen LogP contribution in [0, 0.1) is 5.82 Å². The number of hydrogen-bond acceptors (Lipinski definition) is 6. The molecule has 1 atom stereocenters. The van der Waals surface area contributed by atoms with Crippen LogP contribution in [0.1, 0.15) is 74.6 Å². The molecule has 1 aromatic heterocycles. The first-order valence-electron chi connectivity index (χ1n) is 14.6. The predicted molar refractivity (Wildman–Crippen MR) is 163 cm³/mol. The van der Waals surface area contributed by atoms with Crippen molar-refractivity contribution in [3.8, 4) is 0 Å². The fourth-order valence-corrected chi connectivity index (χ4v) is 5.39. The van der Waals surface area contributed by atoms with Gasteiger partial charge in [-0.2, -0.15) is 4.57 Å². The zero-order valence-corrected chi connectivity index (χ0v) is 24.9. The number of aliphatic imine (C=N–C) groups is 1. The van der Waals surface area contributed by atoms with Crippen LogP contribution >= 0.6 is 0 Å². The summed E-state index contributed by atoms with van der Waals surface area (Å²) in [4.78, 5) is 46.3. The minimum atomic E-state index is -0.701. The number of pyridine rings is 1. The van der Waals surface area contributed by atoms with Gasteiger partial charge in [0.1, 0.15) is 11.4 Å².